The van der Waals surface area contributed by atoms with Gasteiger partial charge in [-0.3, -0.25) is 4.79 Å². The largest absolute Gasteiger partial charge is 0.392 e. The molecule has 5 nitrogen and oxygen atoms in total. The number of piperazine rings is 1. The first kappa shape index (κ1) is 25.2. The second-order valence-electron chi connectivity index (χ2n) is 10.8. The van der Waals surface area contributed by atoms with Crippen molar-refractivity contribution in [2.75, 3.05) is 33.2 Å². The third-order valence-electron chi connectivity index (χ3n) is 8.03. The molecule has 34 heavy (non-hydrogen) atoms. The third kappa shape index (κ3) is 6.59. The Morgan fingerprint density at radius 3 is 2.76 bits per heavy atom. The summed E-state index contributed by atoms with van der Waals surface area (Å²) in [6.45, 7) is 5.75. The van der Waals surface area contributed by atoms with Crippen molar-refractivity contribution in [2.45, 2.75) is 64.1 Å². The van der Waals surface area contributed by atoms with E-state index >= 15 is 0 Å². The average molecular weight is 467 g/mol. The first-order chi connectivity index (χ1) is 16.4. The van der Waals surface area contributed by atoms with Gasteiger partial charge in [0.2, 0.25) is 5.91 Å². The van der Waals surface area contributed by atoms with Crippen LogP contribution in [0, 0.1) is 24.7 Å². The van der Waals surface area contributed by atoms with Gasteiger partial charge in [0.05, 0.1) is 12.2 Å². The summed E-state index contributed by atoms with van der Waals surface area (Å²) in [6.07, 6.45) is 11.7. The number of carbonyl (C=O) groups excluding carboxylic acids is 1. The lowest BCUT2D eigenvalue weighted by Gasteiger charge is -2.32. The molecule has 2 aliphatic carbocycles. The Labute approximate surface area is 205 Å². The first-order valence-electron chi connectivity index (χ1n) is 13.1. The fourth-order valence-corrected chi connectivity index (χ4v) is 6.04. The number of allylic oxidation sites excluding steroid dienone is 2. The molecule has 0 unspecified atom stereocenters. The van der Waals surface area contributed by atoms with Crippen molar-refractivity contribution >= 4 is 5.91 Å². The molecule has 4 rings (SSSR count). The summed E-state index contributed by atoms with van der Waals surface area (Å²) >= 11 is 0. The van der Waals surface area contributed by atoms with Crippen molar-refractivity contribution in [1.29, 1.82) is 0 Å². The van der Waals surface area contributed by atoms with Gasteiger partial charge in [0, 0.05) is 44.9 Å². The summed E-state index contributed by atoms with van der Waals surface area (Å²) in [5.41, 5.74) is 3.83. The van der Waals surface area contributed by atoms with Crippen LogP contribution in [0.3, 0.4) is 0 Å². The molecule has 186 valence electrons. The monoisotopic (exact) mass is 466 g/mol. The first-order valence-corrected chi connectivity index (χ1v) is 13.1. The van der Waals surface area contributed by atoms with Gasteiger partial charge in [0.15, 0.2) is 0 Å². The van der Waals surface area contributed by atoms with Crippen LogP contribution in [0.4, 0.5) is 0 Å². The molecule has 1 aromatic rings. The molecular weight excluding hydrogens is 424 g/mol. The van der Waals surface area contributed by atoms with E-state index in [1.165, 1.54) is 11.1 Å². The van der Waals surface area contributed by atoms with Gasteiger partial charge in [0.25, 0.3) is 0 Å². The Morgan fingerprint density at radius 2 is 2.00 bits per heavy atom. The number of rotatable bonds is 9. The second-order valence-corrected chi connectivity index (χ2v) is 10.8. The van der Waals surface area contributed by atoms with E-state index in [9.17, 15) is 15.0 Å². The van der Waals surface area contributed by atoms with E-state index in [0.717, 1.165) is 63.8 Å². The highest BCUT2D eigenvalue weighted by Gasteiger charge is 2.43. The fourth-order valence-electron chi connectivity index (χ4n) is 6.04. The highest BCUT2D eigenvalue weighted by atomic mass is 16.3. The number of hydrogen-bond acceptors (Lipinski definition) is 4. The summed E-state index contributed by atoms with van der Waals surface area (Å²) < 4.78 is 0. The molecule has 3 aliphatic rings. The molecule has 0 spiro atoms. The van der Waals surface area contributed by atoms with E-state index in [2.05, 4.69) is 49.2 Å². The van der Waals surface area contributed by atoms with Crippen LogP contribution in [0.25, 0.3) is 0 Å². The van der Waals surface area contributed by atoms with E-state index in [-0.39, 0.29) is 12.0 Å². The van der Waals surface area contributed by atoms with Gasteiger partial charge in [0.1, 0.15) is 0 Å². The van der Waals surface area contributed by atoms with E-state index in [1.54, 1.807) is 0 Å². The van der Waals surface area contributed by atoms with Crippen LogP contribution >= 0.6 is 0 Å². The number of amides is 1. The predicted molar refractivity (Wildman–Crippen MR) is 136 cm³/mol. The Bertz CT molecular complexity index is 887. The second kappa shape index (κ2) is 11.7. The maximum atomic E-state index is 12.4. The molecule has 1 saturated carbocycles. The van der Waals surface area contributed by atoms with Crippen LogP contribution < -0.4 is 0 Å². The summed E-state index contributed by atoms with van der Waals surface area (Å²) in [4.78, 5) is 16.7. The molecule has 1 heterocycles. The molecular formula is C29H42N2O3. The molecule has 1 aromatic carbocycles. The van der Waals surface area contributed by atoms with Crippen molar-refractivity contribution in [1.82, 2.24) is 9.80 Å². The molecule has 0 aromatic heterocycles. The van der Waals surface area contributed by atoms with Gasteiger partial charge in [-0.25, -0.2) is 0 Å². The zero-order valence-electron chi connectivity index (χ0n) is 20.9. The minimum Gasteiger partial charge on any atom is -0.392 e. The number of fused-ring (bicyclic) bond motifs is 1. The highest BCUT2D eigenvalue weighted by Crippen LogP contribution is 2.48. The van der Waals surface area contributed by atoms with Gasteiger partial charge in [-0.05, 0) is 63.5 Å². The van der Waals surface area contributed by atoms with Crippen molar-refractivity contribution in [3.63, 3.8) is 0 Å². The molecule has 5 atom stereocenters. The average Bonchev–Trinajstić information content (AvgIpc) is 3.32. The summed E-state index contributed by atoms with van der Waals surface area (Å²) in [5, 5.41) is 21.1. The zero-order chi connectivity index (χ0) is 24.1. The number of unbranched alkanes of at least 4 members (excludes halogenated alkanes) is 1. The Hall–Kier alpha value is -1.95. The number of nitrogens with zero attached hydrogens (tertiary/aromatic N) is 2. The maximum Gasteiger partial charge on any atom is 0.222 e. The quantitative estimate of drug-likeness (QED) is 0.430. The third-order valence-corrected chi connectivity index (χ3v) is 8.03. The molecule has 0 bridgehead atoms. The van der Waals surface area contributed by atoms with Crippen LogP contribution in [0.15, 0.2) is 48.1 Å². The number of carbonyl (C=O) groups is 1. The Kier molecular flexibility index (Phi) is 8.62. The smallest absolute Gasteiger partial charge is 0.222 e. The van der Waals surface area contributed by atoms with E-state index < -0.39 is 6.10 Å². The zero-order valence-corrected chi connectivity index (χ0v) is 20.9. The lowest BCUT2D eigenvalue weighted by Crippen LogP contribution is -2.47. The van der Waals surface area contributed by atoms with Crippen molar-refractivity contribution in [3.05, 3.63) is 59.2 Å². The van der Waals surface area contributed by atoms with Crippen LogP contribution in [-0.2, 0) is 11.2 Å². The number of likely N-dealkylation sites (N-methyl/N-ethyl adjacent to an activating group) is 1. The lowest BCUT2D eigenvalue weighted by molar-refractivity contribution is -0.132. The summed E-state index contributed by atoms with van der Waals surface area (Å²) in [5.74, 6) is 1.31. The Balaban J connectivity index is 1.19. The van der Waals surface area contributed by atoms with Crippen LogP contribution in [0.1, 0.15) is 49.7 Å². The van der Waals surface area contributed by atoms with Crippen LogP contribution in [0.2, 0.25) is 0 Å². The maximum absolute atomic E-state index is 12.4. The van der Waals surface area contributed by atoms with Crippen molar-refractivity contribution in [3.8, 4) is 0 Å². The van der Waals surface area contributed by atoms with E-state index in [4.69, 9.17) is 0 Å². The minimum absolute atomic E-state index is 0.115. The van der Waals surface area contributed by atoms with E-state index in [0.29, 0.717) is 30.6 Å². The number of aryl methyl sites for hydroxylation is 1. The molecule has 5 heteroatoms. The summed E-state index contributed by atoms with van der Waals surface area (Å²) in [7, 11) is 2.11. The van der Waals surface area contributed by atoms with Gasteiger partial charge >= 0.3 is 0 Å². The standard InChI is InChI=1S/C29H42N2O3/c1-21-6-5-8-22(16-21)18-25(32)10-11-26-27-19-23(17-24(27)20-28(26)33)7-3-4-9-29(34)31-14-12-30(2)13-15-31/h5-6,8,10-11,16-17,24-28,32-33H,3-4,7,9,12-15,18-20H2,1-2H3/b11-10+/t24-,25+,26+,27-,28+/m0/s1. The molecule has 2 fully saturated rings. The van der Waals surface area contributed by atoms with Crippen molar-refractivity contribution < 1.29 is 15.0 Å². The SMILES string of the molecule is Cc1cccc(C[C@H](O)/C=C/[C@@H]2[C@H]3CC(CCCCC(=O)N4CCN(C)CC4)=C[C@H]3C[C@H]2O)c1. The predicted octanol–water partition coefficient (Wildman–Crippen LogP) is 3.73. The van der Waals surface area contributed by atoms with Gasteiger partial charge < -0.3 is 20.0 Å². The topological polar surface area (TPSA) is 64.0 Å². The Morgan fingerprint density at radius 1 is 1.21 bits per heavy atom. The normalized spacial score (nSPS) is 28.4. The number of aliphatic hydroxyl groups is 2. The summed E-state index contributed by atoms with van der Waals surface area (Å²) in [6, 6.07) is 8.26. The minimum atomic E-state index is -0.528. The number of hydrogen-bond donors (Lipinski definition) is 2. The van der Waals surface area contributed by atoms with E-state index in [1.807, 2.05) is 17.0 Å². The van der Waals surface area contributed by atoms with Gasteiger partial charge in [-0.2, -0.15) is 0 Å². The number of aliphatic hydroxyl groups excluding tert-OH is 2. The van der Waals surface area contributed by atoms with Crippen LogP contribution in [-0.4, -0.2) is 71.4 Å². The lowest BCUT2D eigenvalue weighted by atomic mass is 9.88. The van der Waals surface area contributed by atoms with Gasteiger partial charge in [-0.15, -0.1) is 0 Å². The highest BCUT2D eigenvalue weighted by molar-refractivity contribution is 5.76. The molecule has 1 saturated heterocycles. The van der Waals surface area contributed by atoms with Crippen LogP contribution in [0.5, 0.6) is 0 Å². The molecule has 1 aliphatic heterocycles. The molecule has 0 radical (unpaired) electrons. The fraction of sp³-hybridized carbons (Fsp3) is 0.621. The molecule has 2 N–H and O–H groups in total. The van der Waals surface area contributed by atoms with Crippen molar-refractivity contribution in [2.24, 2.45) is 17.8 Å². The number of benzene rings is 1. The van der Waals surface area contributed by atoms with Gasteiger partial charge in [-0.1, -0.05) is 53.6 Å². The molecule has 1 amide bonds.